The van der Waals surface area contributed by atoms with Gasteiger partial charge in [0.1, 0.15) is 5.60 Å². The maximum atomic E-state index is 11.5. The molecule has 7 nitrogen and oxygen atoms in total. The van der Waals surface area contributed by atoms with Gasteiger partial charge in [0.25, 0.3) is 10.2 Å². The summed E-state index contributed by atoms with van der Waals surface area (Å²) in [6.07, 6.45) is -0.612. The van der Waals surface area contributed by atoms with Crippen LogP contribution in [0.5, 0.6) is 0 Å². The van der Waals surface area contributed by atoms with Crippen LogP contribution in [0.2, 0.25) is 0 Å². The fourth-order valence-corrected chi connectivity index (χ4v) is 1.47. The molecular formula is C9H21N3O4S. The second-order valence-electron chi connectivity index (χ2n) is 5.38. The van der Waals surface area contributed by atoms with Crippen LogP contribution in [0.25, 0.3) is 0 Å². The molecule has 0 spiro atoms. The minimum Gasteiger partial charge on any atom is -0.444 e. The van der Waals surface area contributed by atoms with Crippen molar-refractivity contribution in [3.05, 3.63) is 0 Å². The summed E-state index contributed by atoms with van der Waals surface area (Å²) < 4.78 is 28.6. The molecule has 0 aliphatic carbocycles. The Hall–Kier alpha value is -0.860. The first kappa shape index (κ1) is 16.1. The highest BCUT2D eigenvalue weighted by Gasteiger charge is 2.25. The molecule has 0 aromatic rings. The van der Waals surface area contributed by atoms with Crippen LogP contribution in [0.4, 0.5) is 4.79 Å². The summed E-state index contributed by atoms with van der Waals surface area (Å²) in [6, 6.07) is 0. The van der Waals surface area contributed by atoms with Crippen LogP contribution in [0.15, 0.2) is 0 Å². The molecule has 0 unspecified atom stereocenters. The van der Waals surface area contributed by atoms with Gasteiger partial charge in [-0.15, -0.1) is 0 Å². The van der Waals surface area contributed by atoms with Gasteiger partial charge in [-0.2, -0.15) is 8.42 Å². The number of rotatable bonds is 4. The molecule has 0 heterocycles. The molecule has 4 N–H and O–H groups in total. The Bertz CT molecular complexity index is 370. The molecule has 0 aliphatic rings. The van der Waals surface area contributed by atoms with Gasteiger partial charge >= 0.3 is 6.09 Å². The van der Waals surface area contributed by atoms with Crippen molar-refractivity contribution in [2.75, 3.05) is 6.54 Å². The monoisotopic (exact) mass is 267 g/mol. The van der Waals surface area contributed by atoms with E-state index in [9.17, 15) is 13.2 Å². The first-order valence-electron chi connectivity index (χ1n) is 5.09. The molecule has 0 saturated heterocycles. The molecule has 0 bridgehead atoms. The Balaban J connectivity index is 4.31. The Labute approximate surface area is 102 Å². The van der Waals surface area contributed by atoms with Crippen molar-refractivity contribution in [2.24, 2.45) is 5.14 Å². The standard InChI is InChI=1S/C9H21N3O4S/c1-8(2,3)16-7(13)12-9(4,5)6-11-17(10,14)15/h11H,6H2,1-5H3,(H,12,13)(H2,10,14,15). The lowest BCUT2D eigenvalue weighted by atomic mass is 10.1. The van der Waals surface area contributed by atoms with E-state index in [2.05, 4.69) is 10.0 Å². The van der Waals surface area contributed by atoms with E-state index in [4.69, 9.17) is 9.88 Å². The first-order valence-corrected chi connectivity index (χ1v) is 6.64. The van der Waals surface area contributed by atoms with Crippen molar-refractivity contribution in [2.45, 2.75) is 45.8 Å². The van der Waals surface area contributed by atoms with Crippen molar-refractivity contribution < 1.29 is 17.9 Å². The summed E-state index contributed by atoms with van der Waals surface area (Å²) in [4.78, 5) is 11.5. The quantitative estimate of drug-likeness (QED) is 0.670. The lowest BCUT2D eigenvalue weighted by Gasteiger charge is -2.28. The molecule has 0 rings (SSSR count). The van der Waals surface area contributed by atoms with Crippen molar-refractivity contribution in [1.29, 1.82) is 0 Å². The number of nitrogens with two attached hydrogens (primary N) is 1. The number of carbonyl (C=O) groups is 1. The van der Waals surface area contributed by atoms with Crippen LogP contribution < -0.4 is 15.2 Å². The molecule has 0 aromatic heterocycles. The number of hydrogen-bond acceptors (Lipinski definition) is 4. The molecule has 0 aliphatic heterocycles. The minimum atomic E-state index is -3.77. The Morgan fingerprint density at radius 1 is 1.24 bits per heavy atom. The van der Waals surface area contributed by atoms with Gasteiger partial charge in [-0.05, 0) is 34.6 Å². The fourth-order valence-electron chi connectivity index (χ4n) is 0.905. The highest BCUT2D eigenvalue weighted by atomic mass is 32.2. The summed E-state index contributed by atoms with van der Waals surface area (Å²) >= 11 is 0. The van der Waals surface area contributed by atoms with Crippen LogP contribution in [0.3, 0.4) is 0 Å². The predicted molar refractivity (Wildman–Crippen MR) is 64.6 cm³/mol. The largest absolute Gasteiger partial charge is 0.444 e. The van der Waals surface area contributed by atoms with E-state index in [1.165, 1.54) is 0 Å². The molecule has 8 heteroatoms. The highest BCUT2D eigenvalue weighted by molar-refractivity contribution is 7.87. The number of nitrogens with one attached hydrogen (secondary N) is 2. The highest BCUT2D eigenvalue weighted by Crippen LogP contribution is 2.09. The predicted octanol–water partition coefficient (Wildman–Crippen LogP) is 0.0828. The van der Waals surface area contributed by atoms with Gasteiger partial charge in [-0.1, -0.05) is 0 Å². The lowest BCUT2D eigenvalue weighted by Crippen LogP contribution is -2.53. The maximum Gasteiger partial charge on any atom is 0.408 e. The summed E-state index contributed by atoms with van der Waals surface area (Å²) in [5, 5.41) is 7.33. The molecule has 0 saturated carbocycles. The van der Waals surface area contributed by atoms with E-state index >= 15 is 0 Å². The average molecular weight is 267 g/mol. The Kier molecular flexibility index (Phi) is 4.93. The van der Waals surface area contributed by atoms with E-state index in [1.54, 1.807) is 34.6 Å². The van der Waals surface area contributed by atoms with Crippen LogP contribution >= 0.6 is 0 Å². The van der Waals surface area contributed by atoms with Gasteiger partial charge in [0.2, 0.25) is 0 Å². The van der Waals surface area contributed by atoms with E-state index in [0.717, 1.165) is 0 Å². The normalized spacial score (nSPS) is 13.3. The topological polar surface area (TPSA) is 111 Å². The average Bonchev–Trinajstić information content (AvgIpc) is 1.94. The summed E-state index contributed by atoms with van der Waals surface area (Å²) in [7, 11) is -3.77. The Morgan fingerprint density at radius 2 is 1.71 bits per heavy atom. The molecule has 0 fully saturated rings. The zero-order chi connectivity index (χ0) is 13.9. The molecule has 0 radical (unpaired) electrons. The maximum absolute atomic E-state index is 11.5. The summed E-state index contributed by atoms with van der Waals surface area (Å²) in [5.41, 5.74) is -1.40. The number of alkyl carbamates (subject to hydrolysis) is 1. The third kappa shape index (κ3) is 10.0. The third-order valence-electron chi connectivity index (χ3n) is 1.55. The summed E-state index contributed by atoms with van der Waals surface area (Å²) in [5.74, 6) is 0. The molecule has 0 atom stereocenters. The molecule has 17 heavy (non-hydrogen) atoms. The third-order valence-corrected chi connectivity index (χ3v) is 2.10. The smallest absolute Gasteiger partial charge is 0.408 e. The molecular weight excluding hydrogens is 246 g/mol. The van der Waals surface area contributed by atoms with Gasteiger partial charge in [0, 0.05) is 6.54 Å². The Morgan fingerprint density at radius 3 is 2.06 bits per heavy atom. The van der Waals surface area contributed by atoms with Crippen LogP contribution in [-0.4, -0.2) is 32.2 Å². The van der Waals surface area contributed by atoms with Crippen LogP contribution in [0.1, 0.15) is 34.6 Å². The minimum absolute atomic E-state index is 0.0227. The van der Waals surface area contributed by atoms with E-state index in [0.29, 0.717) is 0 Å². The number of hydrogen-bond donors (Lipinski definition) is 3. The SMILES string of the molecule is CC(C)(CNS(N)(=O)=O)NC(=O)OC(C)(C)C. The van der Waals surface area contributed by atoms with Gasteiger partial charge in [0.05, 0.1) is 5.54 Å². The first-order chi connectivity index (χ1) is 7.31. The van der Waals surface area contributed by atoms with E-state index < -0.39 is 27.4 Å². The summed E-state index contributed by atoms with van der Waals surface area (Å²) in [6.45, 7) is 8.49. The second kappa shape index (κ2) is 5.19. The second-order valence-corrected chi connectivity index (χ2v) is 6.76. The van der Waals surface area contributed by atoms with Gasteiger partial charge in [-0.3, -0.25) is 0 Å². The van der Waals surface area contributed by atoms with Crippen molar-refractivity contribution in [3.63, 3.8) is 0 Å². The molecule has 102 valence electrons. The van der Waals surface area contributed by atoms with E-state index in [1.807, 2.05) is 0 Å². The zero-order valence-corrected chi connectivity index (χ0v) is 11.6. The van der Waals surface area contributed by atoms with Gasteiger partial charge < -0.3 is 10.1 Å². The van der Waals surface area contributed by atoms with Crippen molar-refractivity contribution >= 4 is 16.3 Å². The van der Waals surface area contributed by atoms with Crippen molar-refractivity contribution in [1.82, 2.24) is 10.0 Å². The van der Waals surface area contributed by atoms with Crippen molar-refractivity contribution in [3.8, 4) is 0 Å². The molecule has 1 amide bonds. The molecule has 0 aromatic carbocycles. The number of amides is 1. The number of carbonyl (C=O) groups excluding carboxylic acids is 1. The lowest BCUT2D eigenvalue weighted by molar-refractivity contribution is 0.0474. The zero-order valence-electron chi connectivity index (χ0n) is 10.8. The van der Waals surface area contributed by atoms with E-state index in [-0.39, 0.29) is 6.54 Å². The van der Waals surface area contributed by atoms with Crippen LogP contribution in [-0.2, 0) is 14.9 Å². The van der Waals surface area contributed by atoms with Gasteiger partial charge in [0.15, 0.2) is 0 Å². The van der Waals surface area contributed by atoms with Gasteiger partial charge in [-0.25, -0.2) is 14.7 Å². The fraction of sp³-hybridized carbons (Fsp3) is 0.889. The number of ether oxygens (including phenoxy) is 1. The van der Waals surface area contributed by atoms with Crippen LogP contribution in [0, 0.1) is 0 Å².